The number of rotatable bonds is 6. The fourth-order valence-corrected chi connectivity index (χ4v) is 2.11. The summed E-state index contributed by atoms with van der Waals surface area (Å²) in [5.41, 5.74) is 0.0887. The minimum Gasteiger partial charge on any atom is -0.494 e. The van der Waals surface area contributed by atoms with Crippen molar-refractivity contribution in [1.82, 2.24) is 0 Å². The van der Waals surface area contributed by atoms with Gasteiger partial charge >= 0.3 is 0 Å². The first-order valence-electron chi connectivity index (χ1n) is 7.07. The topological polar surface area (TPSA) is 90.7 Å². The first-order chi connectivity index (χ1) is 11.8. The van der Waals surface area contributed by atoms with Crippen LogP contribution in [0.5, 0.6) is 11.5 Å². The molecule has 0 aliphatic rings. The van der Waals surface area contributed by atoms with Crippen LogP contribution in [0.15, 0.2) is 36.4 Å². The van der Waals surface area contributed by atoms with Gasteiger partial charge in [-0.1, -0.05) is 11.6 Å². The van der Waals surface area contributed by atoms with Gasteiger partial charge in [-0.3, -0.25) is 14.9 Å². The molecular formula is C16H14ClFN2O5. The second kappa shape index (κ2) is 7.80. The number of non-ortho nitro benzene ring substituents is 1. The van der Waals surface area contributed by atoms with E-state index in [1.54, 1.807) is 0 Å². The van der Waals surface area contributed by atoms with Gasteiger partial charge in [0.1, 0.15) is 17.3 Å². The number of carbonyl (C=O) groups is 1. The van der Waals surface area contributed by atoms with Gasteiger partial charge < -0.3 is 14.8 Å². The van der Waals surface area contributed by atoms with Gasteiger partial charge in [0.2, 0.25) is 0 Å². The molecule has 132 valence electrons. The molecule has 0 bridgehead atoms. The summed E-state index contributed by atoms with van der Waals surface area (Å²) in [6, 6.07) is 7.52. The van der Waals surface area contributed by atoms with Crippen molar-refractivity contribution in [3.63, 3.8) is 0 Å². The largest absolute Gasteiger partial charge is 0.494 e. The van der Waals surface area contributed by atoms with Gasteiger partial charge in [-0.05, 0) is 25.1 Å². The Morgan fingerprint density at radius 1 is 1.32 bits per heavy atom. The molecule has 0 saturated heterocycles. The van der Waals surface area contributed by atoms with E-state index in [1.807, 2.05) is 0 Å². The first kappa shape index (κ1) is 18.5. The van der Waals surface area contributed by atoms with Gasteiger partial charge in [-0.25, -0.2) is 4.39 Å². The molecule has 0 aliphatic heterocycles. The zero-order valence-electron chi connectivity index (χ0n) is 13.3. The molecular weight excluding hydrogens is 355 g/mol. The zero-order valence-corrected chi connectivity index (χ0v) is 14.0. The van der Waals surface area contributed by atoms with Crippen molar-refractivity contribution in [3.8, 4) is 11.5 Å². The molecule has 7 nitrogen and oxygen atoms in total. The number of hydrogen-bond donors (Lipinski definition) is 1. The number of anilines is 1. The molecule has 1 amide bonds. The number of carbonyl (C=O) groups excluding carboxylic acids is 1. The summed E-state index contributed by atoms with van der Waals surface area (Å²) in [7, 11) is 1.33. The third kappa shape index (κ3) is 4.57. The Morgan fingerprint density at radius 2 is 2.04 bits per heavy atom. The number of ether oxygens (including phenoxy) is 2. The third-order valence-electron chi connectivity index (χ3n) is 3.23. The lowest BCUT2D eigenvalue weighted by Gasteiger charge is -2.16. The second-order valence-corrected chi connectivity index (χ2v) is 5.37. The normalized spacial score (nSPS) is 11.5. The van der Waals surface area contributed by atoms with Crippen LogP contribution in [-0.2, 0) is 4.79 Å². The highest BCUT2D eigenvalue weighted by atomic mass is 35.5. The van der Waals surface area contributed by atoms with Crippen molar-refractivity contribution in [2.24, 2.45) is 0 Å². The number of halogens is 2. The SMILES string of the molecule is COc1cc([N+](=O)[O-])ccc1NC(=O)[C@@H](C)Oc1ccc(F)c(Cl)c1. The maximum atomic E-state index is 13.1. The molecule has 0 radical (unpaired) electrons. The molecule has 1 N–H and O–H groups in total. The van der Waals surface area contributed by atoms with Crippen molar-refractivity contribution >= 4 is 28.9 Å². The fraction of sp³-hybridized carbons (Fsp3) is 0.188. The Hall–Kier alpha value is -2.87. The predicted octanol–water partition coefficient (Wildman–Crippen LogP) is 3.80. The lowest BCUT2D eigenvalue weighted by molar-refractivity contribution is -0.384. The first-order valence-corrected chi connectivity index (χ1v) is 7.44. The number of nitro benzene ring substituents is 1. The van der Waals surface area contributed by atoms with Crippen LogP contribution in [0.3, 0.4) is 0 Å². The number of benzene rings is 2. The molecule has 0 spiro atoms. The van der Waals surface area contributed by atoms with Crippen molar-refractivity contribution in [1.29, 1.82) is 0 Å². The summed E-state index contributed by atoms with van der Waals surface area (Å²) in [4.78, 5) is 22.4. The molecule has 0 aliphatic carbocycles. The summed E-state index contributed by atoms with van der Waals surface area (Å²) in [5.74, 6) is -0.751. The van der Waals surface area contributed by atoms with E-state index in [-0.39, 0.29) is 27.9 Å². The van der Waals surface area contributed by atoms with Crippen molar-refractivity contribution < 1.29 is 23.6 Å². The highest BCUT2D eigenvalue weighted by molar-refractivity contribution is 6.30. The Balaban J connectivity index is 2.10. The molecule has 0 saturated carbocycles. The van der Waals surface area contributed by atoms with Gasteiger partial charge in [-0.2, -0.15) is 0 Å². The summed E-state index contributed by atoms with van der Waals surface area (Å²) < 4.78 is 23.6. The van der Waals surface area contributed by atoms with Gasteiger partial charge in [-0.15, -0.1) is 0 Å². The molecule has 0 heterocycles. The maximum Gasteiger partial charge on any atom is 0.273 e. The highest BCUT2D eigenvalue weighted by Crippen LogP contribution is 2.29. The molecule has 2 rings (SSSR count). The number of nitrogens with zero attached hydrogens (tertiary/aromatic N) is 1. The molecule has 0 aromatic heterocycles. The van der Waals surface area contributed by atoms with Crippen molar-refractivity contribution in [2.75, 3.05) is 12.4 Å². The van der Waals surface area contributed by atoms with Crippen LogP contribution in [-0.4, -0.2) is 24.0 Å². The predicted molar refractivity (Wildman–Crippen MR) is 89.8 cm³/mol. The van der Waals surface area contributed by atoms with E-state index < -0.39 is 22.8 Å². The molecule has 0 unspecified atom stereocenters. The number of nitrogens with one attached hydrogen (secondary N) is 1. The van der Waals surface area contributed by atoms with Gasteiger partial charge in [0.25, 0.3) is 11.6 Å². The second-order valence-electron chi connectivity index (χ2n) is 4.97. The van der Waals surface area contributed by atoms with Crippen molar-refractivity contribution in [3.05, 3.63) is 57.4 Å². The smallest absolute Gasteiger partial charge is 0.273 e. The Kier molecular flexibility index (Phi) is 5.76. The number of hydrogen-bond acceptors (Lipinski definition) is 5. The average molecular weight is 369 g/mol. The molecule has 2 aromatic carbocycles. The van der Waals surface area contributed by atoms with Crippen LogP contribution in [0.1, 0.15) is 6.92 Å². The molecule has 0 fully saturated rings. The van der Waals surface area contributed by atoms with Gasteiger partial charge in [0.15, 0.2) is 6.10 Å². The highest BCUT2D eigenvalue weighted by Gasteiger charge is 2.19. The van der Waals surface area contributed by atoms with E-state index in [0.717, 1.165) is 6.07 Å². The van der Waals surface area contributed by atoms with E-state index >= 15 is 0 Å². The fourth-order valence-electron chi connectivity index (χ4n) is 1.94. The van der Waals surface area contributed by atoms with Crippen LogP contribution in [0.4, 0.5) is 15.8 Å². The summed E-state index contributed by atoms with van der Waals surface area (Å²) in [6.45, 7) is 1.49. The monoisotopic (exact) mass is 368 g/mol. The quantitative estimate of drug-likeness (QED) is 0.618. The average Bonchev–Trinajstić information content (AvgIpc) is 2.58. The van der Waals surface area contributed by atoms with E-state index in [4.69, 9.17) is 21.1 Å². The lowest BCUT2D eigenvalue weighted by atomic mass is 10.2. The van der Waals surface area contributed by atoms with Crippen LogP contribution in [0.25, 0.3) is 0 Å². The Bertz CT molecular complexity index is 815. The molecule has 9 heteroatoms. The minimum atomic E-state index is -0.929. The number of amides is 1. The van der Waals surface area contributed by atoms with Crippen LogP contribution in [0.2, 0.25) is 5.02 Å². The Labute approximate surface area is 147 Å². The summed E-state index contributed by atoms with van der Waals surface area (Å²) >= 11 is 5.66. The van der Waals surface area contributed by atoms with E-state index in [1.165, 1.54) is 44.4 Å². The van der Waals surface area contributed by atoms with Crippen LogP contribution < -0.4 is 14.8 Å². The van der Waals surface area contributed by atoms with Crippen molar-refractivity contribution in [2.45, 2.75) is 13.0 Å². The molecule has 1 atom stereocenters. The summed E-state index contributed by atoms with van der Waals surface area (Å²) in [5, 5.41) is 13.2. The van der Waals surface area contributed by atoms with Crippen LogP contribution in [0, 0.1) is 15.9 Å². The van der Waals surface area contributed by atoms with Gasteiger partial charge in [0.05, 0.1) is 28.8 Å². The standard InChI is InChI=1S/C16H14ClFN2O5/c1-9(25-11-4-5-13(18)12(17)8-11)16(21)19-14-6-3-10(20(22)23)7-15(14)24-2/h3-9H,1-2H3,(H,19,21)/t9-/m1/s1. The summed E-state index contributed by atoms with van der Waals surface area (Å²) in [6.07, 6.45) is -0.929. The van der Waals surface area contributed by atoms with Gasteiger partial charge in [0, 0.05) is 12.1 Å². The third-order valence-corrected chi connectivity index (χ3v) is 3.52. The Morgan fingerprint density at radius 3 is 2.64 bits per heavy atom. The number of methoxy groups -OCH3 is 1. The van der Waals surface area contributed by atoms with Crippen LogP contribution >= 0.6 is 11.6 Å². The van der Waals surface area contributed by atoms with E-state index in [0.29, 0.717) is 0 Å². The molecule has 2 aromatic rings. The van der Waals surface area contributed by atoms with E-state index in [9.17, 15) is 19.3 Å². The lowest BCUT2D eigenvalue weighted by Crippen LogP contribution is -2.30. The zero-order chi connectivity index (χ0) is 18.6. The minimum absolute atomic E-state index is 0.123. The maximum absolute atomic E-state index is 13.1. The molecule has 25 heavy (non-hydrogen) atoms. The number of nitro groups is 1. The van der Waals surface area contributed by atoms with E-state index in [2.05, 4.69) is 5.32 Å².